The summed E-state index contributed by atoms with van der Waals surface area (Å²) in [7, 11) is 0. The van der Waals surface area contributed by atoms with Crippen LogP contribution in [0, 0.1) is 5.92 Å². The maximum Gasteiger partial charge on any atom is 0.290 e. The molecule has 0 radical (unpaired) electrons. The molecule has 7 heteroatoms. The molecule has 7 nitrogen and oxygen atoms in total. The van der Waals surface area contributed by atoms with Crippen molar-refractivity contribution in [2.45, 2.75) is 39.2 Å². The molecule has 0 atom stereocenters. The van der Waals surface area contributed by atoms with E-state index in [4.69, 9.17) is 9.90 Å². The highest BCUT2D eigenvalue weighted by Crippen LogP contribution is 2.17. The molecule has 2 rings (SSSR count). The zero-order valence-electron chi connectivity index (χ0n) is 14.7. The summed E-state index contributed by atoms with van der Waals surface area (Å²) in [5.74, 6) is 0.422. The molecule has 1 heterocycles. The van der Waals surface area contributed by atoms with Gasteiger partial charge in [-0.2, -0.15) is 0 Å². The number of anilines is 1. The van der Waals surface area contributed by atoms with Gasteiger partial charge in [-0.15, -0.1) is 0 Å². The predicted octanol–water partition coefficient (Wildman–Crippen LogP) is 1.85. The smallest absolute Gasteiger partial charge is 0.290 e. The summed E-state index contributed by atoms with van der Waals surface area (Å²) in [6, 6.07) is 7.12. The number of hydrogen-bond acceptors (Lipinski definition) is 4. The average molecular weight is 349 g/mol. The summed E-state index contributed by atoms with van der Waals surface area (Å²) in [5, 5.41) is 15.9. The Bertz CT molecular complexity index is 552. The highest BCUT2D eigenvalue weighted by molar-refractivity contribution is 5.95. The van der Waals surface area contributed by atoms with E-state index in [1.54, 1.807) is 24.3 Å². The molecule has 0 aromatic heterocycles. The van der Waals surface area contributed by atoms with Gasteiger partial charge in [-0.05, 0) is 70.0 Å². The van der Waals surface area contributed by atoms with Gasteiger partial charge in [0, 0.05) is 23.7 Å². The molecule has 2 amide bonds. The summed E-state index contributed by atoms with van der Waals surface area (Å²) in [6.07, 6.45) is 2.68. The number of rotatable bonds is 5. The Morgan fingerprint density at radius 1 is 1.24 bits per heavy atom. The minimum Gasteiger partial charge on any atom is -0.483 e. The van der Waals surface area contributed by atoms with Crippen molar-refractivity contribution in [3.05, 3.63) is 29.8 Å². The van der Waals surface area contributed by atoms with Crippen molar-refractivity contribution < 1.29 is 19.5 Å². The van der Waals surface area contributed by atoms with E-state index in [0.29, 0.717) is 17.9 Å². The second kappa shape index (κ2) is 11.2. The maximum absolute atomic E-state index is 12.0. The number of carboxylic acid groups (broad SMARTS) is 1. The molecule has 0 bridgehead atoms. The molecule has 1 fully saturated rings. The molecular formula is C18H27N3O4. The van der Waals surface area contributed by atoms with Crippen LogP contribution < -0.4 is 16.0 Å². The van der Waals surface area contributed by atoms with Crippen molar-refractivity contribution in [1.29, 1.82) is 0 Å². The van der Waals surface area contributed by atoms with Crippen LogP contribution in [0.2, 0.25) is 0 Å². The lowest BCUT2D eigenvalue weighted by Gasteiger charge is -2.21. The van der Waals surface area contributed by atoms with Crippen LogP contribution >= 0.6 is 0 Å². The molecule has 0 aliphatic carbocycles. The lowest BCUT2D eigenvalue weighted by atomic mass is 9.94. The Balaban J connectivity index is 0.000000970. The van der Waals surface area contributed by atoms with Gasteiger partial charge in [0.25, 0.3) is 12.4 Å². The molecule has 1 aliphatic rings. The van der Waals surface area contributed by atoms with Crippen LogP contribution in [0.15, 0.2) is 24.3 Å². The van der Waals surface area contributed by atoms with Crippen molar-refractivity contribution >= 4 is 24.0 Å². The summed E-state index contributed by atoms with van der Waals surface area (Å²) >= 11 is 0. The first kappa shape index (κ1) is 20.6. The van der Waals surface area contributed by atoms with E-state index >= 15 is 0 Å². The maximum atomic E-state index is 12.0. The fraction of sp³-hybridized carbons (Fsp3) is 0.500. The van der Waals surface area contributed by atoms with Crippen LogP contribution in [-0.2, 0) is 9.59 Å². The summed E-state index contributed by atoms with van der Waals surface area (Å²) in [6.45, 7) is 5.59. The predicted molar refractivity (Wildman–Crippen MR) is 96.6 cm³/mol. The monoisotopic (exact) mass is 349 g/mol. The van der Waals surface area contributed by atoms with Gasteiger partial charge in [-0.1, -0.05) is 0 Å². The topological polar surface area (TPSA) is 108 Å². The van der Waals surface area contributed by atoms with Crippen molar-refractivity contribution in [3.8, 4) is 0 Å². The number of nitrogens with one attached hydrogen (secondary N) is 3. The lowest BCUT2D eigenvalue weighted by Crippen LogP contribution is -2.30. The van der Waals surface area contributed by atoms with Crippen LogP contribution in [0.4, 0.5) is 5.69 Å². The van der Waals surface area contributed by atoms with Gasteiger partial charge in [-0.25, -0.2) is 0 Å². The fourth-order valence-electron chi connectivity index (χ4n) is 2.61. The summed E-state index contributed by atoms with van der Waals surface area (Å²) in [5.41, 5.74) is 1.34. The van der Waals surface area contributed by atoms with E-state index < -0.39 is 0 Å². The van der Waals surface area contributed by atoms with E-state index in [9.17, 15) is 9.59 Å². The second-order valence-electron chi connectivity index (χ2n) is 6.26. The van der Waals surface area contributed by atoms with E-state index in [2.05, 4.69) is 16.0 Å². The number of carbonyl (C=O) groups excluding carboxylic acids is 2. The number of amides is 2. The van der Waals surface area contributed by atoms with Gasteiger partial charge in [0.05, 0.1) is 0 Å². The Labute approximate surface area is 148 Å². The normalized spacial score (nSPS) is 14.2. The quantitative estimate of drug-likeness (QED) is 0.607. The molecule has 1 saturated heterocycles. The number of benzene rings is 1. The summed E-state index contributed by atoms with van der Waals surface area (Å²) in [4.78, 5) is 32.2. The van der Waals surface area contributed by atoms with Crippen LogP contribution in [0.5, 0.6) is 0 Å². The zero-order valence-corrected chi connectivity index (χ0v) is 14.7. The Kier molecular flexibility index (Phi) is 9.24. The molecule has 0 spiro atoms. The van der Waals surface area contributed by atoms with Gasteiger partial charge < -0.3 is 21.1 Å². The van der Waals surface area contributed by atoms with E-state index in [1.165, 1.54) is 0 Å². The molecule has 0 saturated carbocycles. The lowest BCUT2D eigenvalue weighted by molar-refractivity contribution is -0.123. The van der Waals surface area contributed by atoms with Crippen molar-refractivity contribution in [2.24, 2.45) is 5.92 Å². The van der Waals surface area contributed by atoms with E-state index in [1.807, 2.05) is 13.8 Å². The third-order valence-electron chi connectivity index (χ3n) is 3.78. The van der Waals surface area contributed by atoms with Gasteiger partial charge in [0.2, 0.25) is 5.91 Å². The third kappa shape index (κ3) is 8.30. The van der Waals surface area contributed by atoms with Crippen molar-refractivity contribution in [1.82, 2.24) is 10.6 Å². The van der Waals surface area contributed by atoms with Crippen LogP contribution in [0.25, 0.3) is 0 Å². The highest BCUT2D eigenvalue weighted by Gasteiger charge is 2.16. The average Bonchev–Trinajstić information content (AvgIpc) is 2.56. The SMILES string of the molecule is CC(C)NC(=O)c1ccc(NC(=O)CC2CCNCC2)cc1.O=CO. The van der Waals surface area contributed by atoms with Crippen molar-refractivity contribution in [2.75, 3.05) is 18.4 Å². The first-order valence-electron chi connectivity index (χ1n) is 8.45. The third-order valence-corrected chi connectivity index (χ3v) is 3.78. The minimum absolute atomic E-state index is 0.0475. The zero-order chi connectivity index (χ0) is 18.7. The Morgan fingerprint density at radius 3 is 2.32 bits per heavy atom. The molecule has 1 aromatic carbocycles. The van der Waals surface area contributed by atoms with Gasteiger partial charge >= 0.3 is 0 Å². The number of carbonyl (C=O) groups is 3. The molecule has 25 heavy (non-hydrogen) atoms. The fourth-order valence-corrected chi connectivity index (χ4v) is 2.61. The van der Waals surface area contributed by atoms with Crippen LogP contribution in [0.3, 0.4) is 0 Å². The highest BCUT2D eigenvalue weighted by atomic mass is 16.3. The van der Waals surface area contributed by atoms with Crippen molar-refractivity contribution in [3.63, 3.8) is 0 Å². The van der Waals surface area contributed by atoms with Crippen LogP contribution in [-0.4, -0.2) is 42.5 Å². The molecule has 1 aromatic rings. The standard InChI is InChI=1S/C17H25N3O2.CH2O2/c1-12(2)19-17(22)14-3-5-15(6-4-14)20-16(21)11-13-7-9-18-10-8-13;2-1-3/h3-6,12-13,18H,7-11H2,1-2H3,(H,19,22)(H,20,21);1H,(H,2,3). The van der Waals surface area contributed by atoms with Gasteiger partial charge in [0.1, 0.15) is 0 Å². The largest absolute Gasteiger partial charge is 0.483 e. The molecular weight excluding hydrogens is 322 g/mol. The Hall–Kier alpha value is -2.41. The second-order valence-corrected chi connectivity index (χ2v) is 6.26. The first-order chi connectivity index (χ1) is 12.0. The van der Waals surface area contributed by atoms with Gasteiger partial charge in [-0.3, -0.25) is 14.4 Å². The van der Waals surface area contributed by atoms with E-state index in [0.717, 1.165) is 31.6 Å². The first-order valence-corrected chi connectivity index (χ1v) is 8.45. The Morgan fingerprint density at radius 2 is 1.80 bits per heavy atom. The molecule has 4 N–H and O–H groups in total. The van der Waals surface area contributed by atoms with E-state index in [-0.39, 0.29) is 24.3 Å². The molecule has 0 unspecified atom stereocenters. The van der Waals surface area contributed by atoms with Crippen LogP contribution in [0.1, 0.15) is 43.5 Å². The molecule has 1 aliphatic heterocycles. The van der Waals surface area contributed by atoms with Gasteiger partial charge in [0.15, 0.2) is 0 Å². The number of piperidine rings is 1. The molecule has 138 valence electrons. The number of hydrogen-bond donors (Lipinski definition) is 4. The summed E-state index contributed by atoms with van der Waals surface area (Å²) < 4.78 is 0. The minimum atomic E-state index is -0.250.